The number of nitrogens with zero attached hydrogens (tertiary/aromatic N) is 2. The van der Waals surface area contributed by atoms with Crippen LogP contribution in [0.2, 0.25) is 0 Å². The normalized spacial score (nSPS) is 17.0. The number of benzene rings is 2. The Kier molecular flexibility index (Phi) is 3.97. The smallest absolute Gasteiger partial charge is 0.273 e. The maximum absolute atomic E-state index is 12.5. The Hall–Kier alpha value is -3.62. The van der Waals surface area contributed by atoms with Crippen LogP contribution in [0.1, 0.15) is 6.42 Å². The van der Waals surface area contributed by atoms with Crippen LogP contribution in [0.25, 0.3) is 0 Å². The van der Waals surface area contributed by atoms with E-state index in [9.17, 15) is 29.9 Å². The lowest BCUT2D eigenvalue weighted by Crippen LogP contribution is -2.34. The van der Waals surface area contributed by atoms with Crippen molar-refractivity contribution in [3.8, 4) is 11.5 Å². The molecule has 1 aliphatic heterocycles. The van der Waals surface area contributed by atoms with Crippen molar-refractivity contribution in [3.05, 3.63) is 52.6 Å². The number of hydrogen-bond acceptors (Lipinski definition) is 7. The monoisotopic (exact) mass is 343 g/mol. The van der Waals surface area contributed by atoms with E-state index in [0.29, 0.717) is 0 Å². The Labute approximate surface area is 141 Å². The molecule has 1 fully saturated rings. The minimum Gasteiger partial charge on any atom is -0.508 e. The molecule has 1 atom stereocenters. The second kappa shape index (κ2) is 6.11. The fourth-order valence-corrected chi connectivity index (χ4v) is 2.59. The molecule has 2 amide bonds. The van der Waals surface area contributed by atoms with Crippen molar-refractivity contribution in [2.24, 2.45) is 0 Å². The van der Waals surface area contributed by atoms with Gasteiger partial charge in [-0.1, -0.05) is 6.07 Å². The Morgan fingerprint density at radius 1 is 1.16 bits per heavy atom. The highest BCUT2D eigenvalue weighted by Crippen LogP contribution is 2.31. The van der Waals surface area contributed by atoms with Crippen molar-refractivity contribution < 1.29 is 24.7 Å². The summed E-state index contributed by atoms with van der Waals surface area (Å²) < 4.78 is 0. The average Bonchev–Trinajstić information content (AvgIpc) is 2.83. The van der Waals surface area contributed by atoms with Crippen molar-refractivity contribution in [1.82, 2.24) is 0 Å². The van der Waals surface area contributed by atoms with Gasteiger partial charge in [-0.15, -0.1) is 0 Å². The molecule has 1 unspecified atom stereocenters. The number of nitro groups is 1. The highest BCUT2D eigenvalue weighted by molar-refractivity contribution is 6.23. The zero-order chi connectivity index (χ0) is 18.1. The number of nitro benzene ring substituents is 1. The maximum Gasteiger partial charge on any atom is 0.273 e. The van der Waals surface area contributed by atoms with Crippen molar-refractivity contribution in [3.63, 3.8) is 0 Å². The van der Waals surface area contributed by atoms with Gasteiger partial charge in [0.15, 0.2) is 0 Å². The third-order valence-electron chi connectivity index (χ3n) is 3.76. The molecule has 0 aliphatic carbocycles. The first-order valence-corrected chi connectivity index (χ1v) is 7.26. The molecule has 1 aliphatic rings. The molecular formula is C16H13N3O6. The molecule has 0 saturated carbocycles. The minimum absolute atomic E-state index is 0.0810. The number of non-ortho nitro benzene ring substituents is 1. The van der Waals surface area contributed by atoms with Gasteiger partial charge < -0.3 is 15.5 Å². The Morgan fingerprint density at radius 3 is 2.56 bits per heavy atom. The summed E-state index contributed by atoms with van der Waals surface area (Å²) >= 11 is 0. The van der Waals surface area contributed by atoms with Crippen LogP contribution in [0, 0.1) is 10.1 Å². The highest BCUT2D eigenvalue weighted by Gasteiger charge is 2.40. The van der Waals surface area contributed by atoms with Gasteiger partial charge in [0.2, 0.25) is 5.91 Å². The van der Waals surface area contributed by atoms with Gasteiger partial charge in [0.1, 0.15) is 17.5 Å². The van der Waals surface area contributed by atoms with Crippen LogP contribution in [0.15, 0.2) is 42.5 Å². The van der Waals surface area contributed by atoms with Crippen LogP contribution in [0.5, 0.6) is 11.5 Å². The van der Waals surface area contributed by atoms with Gasteiger partial charge in [-0.2, -0.15) is 0 Å². The molecular weight excluding hydrogens is 330 g/mol. The molecule has 2 aromatic carbocycles. The summed E-state index contributed by atoms with van der Waals surface area (Å²) in [5, 5.41) is 32.8. The van der Waals surface area contributed by atoms with Crippen LogP contribution in [0.3, 0.4) is 0 Å². The number of amides is 2. The van der Waals surface area contributed by atoms with Gasteiger partial charge in [0, 0.05) is 12.1 Å². The van der Waals surface area contributed by atoms with Gasteiger partial charge in [0.05, 0.1) is 28.8 Å². The summed E-state index contributed by atoms with van der Waals surface area (Å²) in [5.74, 6) is -1.49. The van der Waals surface area contributed by atoms with Crippen LogP contribution < -0.4 is 10.2 Å². The number of aromatic hydroxyl groups is 2. The number of hydrogen-bond donors (Lipinski definition) is 3. The fraction of sp³-hybridized carbons (Fsp3) is 0.125. The van der Waals surface area contributed by atoms with Crippen molar-refractivity contribution in [1.29, 1.82) is 0 Å². The number of imide groups is 1. The summed E-state index contributed by atoms with van der Waals surface area (Å²) in [5.41, 5.74) is 0.0555. The molecule has 0 spiro atoms. The largest absolute Gasteiger partial charge is 0.508 e. The number of carbonyl (C=O) groups is 2. The van der Waals surface area contributed by atoms with Crippen LogP contribution >= 0.6 is 0 Å². The number of anilines is 2. The van der Waals surface area contributed by atoms with Crippen LogP contribution in [0.4, 0.5) is 17.1 Å². The molecule has 1 heterocycles. The number of carbonyl (C=O) groups excluding carboxylic acids is 2. The molecule has 3 N–H and O–H groups in total. The first-order chi connectivity index (χ1) is 11.9. The highest BCUT2D eigenvalue weighted by atomic mass is 16.6. The molecule has 128 valence electrons. The predicted octanol–water partition coefficient (Wildman–Crippen LogP) is 1.75. The fourth-order valence-electron chi connectivity index (χ4n) is 2.59. The molecule has 25 heavy (non-hydrogen) atoms. The number of nitrogens with one attached hydrogen (secondary N) is 1. The lowest BCUT2D eigenvalue weighted by atomic mass is 10.2. The molecule has 9 heteroatoms. The van der Waals surface area contributed by atoms with Crippen LogP contribution in [-0.4, -0.2) is 33.0 Å². The summed E-state index contributed by atoms with van der Waals surface area (Å²) in [6.07, 6.45) is -0.148. The van der Waals surface area contributed by atoms with Crippen LogP contribution in [-0.2, 0) is 9.59 Å². The zero-order valence-corrected chi connectivity index (χ0v) is 12.7. The molecule has 0 aromatic heterocycles. The molecule has 3 rings (SSSR count). The lowest BCUT2D eigenvalue weighted by molar-refractivity contribution is -0.384. The Bertz CT molecular complexity index is 882. The van der Waals surface area contributed by atoms with E-state index in [-0.39, 0.29) is 29.2 Å². The van der Waals surface area contributed by atoms with Gasteiger partial charge in [0.25, 0.3) is 11.6 Å². The standard InChI is InChI=1S/C16H13N3O6/c20-11-3-1-2-9(6-11)18-15(22)8-13(16(18)23)17-12-5-4-10(19(24)25)7-14(12)21/h1-7,13,17,20-21H,8H2. The lowest BCUT2D eigenvalue weighted by Gasteiger charge is -2.16. The van der Waals surface area contributed by atoms with Gasteiger partial charge >= 0.3 is 0 Å². The van der Waals surface area contributed by atoms with Crippen molar-refractivity contribution in [2.45, 2.75) is 12.5 Å². The molecule has 0 radical (unpaired) electrons. The Balaban J connectivity index is 1.82. The van der Waals surface area contributed by atoms with E-state index >= 15 is 0 Å². The third kappa shape index (κ3) is 3.07. The minimum atomic E-state index is -0.929. The molecule has 9 nitrogen and oxygen atoms in total. The summed E-state index contributed by atoms with van der Waals surface area (Å²) in [6, 6.07) is 8.20. The van der Waals surface area contributed by atoms with Crippen molar-refractivity contribution >= 4 is 28.9 Å². The second-order valence-electron chi connectivity index (χ2n) is 5.45. The van der Waals surface area contributed by atoms with E-state index in [4.69, 9.17) is 0 Å². The van der Waals surface area contributed by atoms with E-state index < -0.39 is 28.5 Å². The van der Waals surface area contributed by atoms with Crippen molar-refractivity contribution in [2.75, 3.05) is 10.2 Å². The van der Waals surface area contributed by atoms with E-state index in [0.717, 1.165) is 11.0 Å². The van der Waals surface area contributed by atoms with E-state index in [1.54, 1.807) is 0 Å². The first kappa shape index (κ1) is 16.2. The SMILES string of the molecule is O=C1CC(Nc2ccc([N+](=O)[O-])cc2O)C(=O)N1c1cccc(O)c1. The average molecular weight is 343 g/mol. The molecule has 2 aromatic rings. The summed E-state index contributed by atoms with van der Waals surface area (Å²) in [7, 11) is 0. The number of rotatable bonds is 4. The summed E-state index contributed by atoms with van der Waals surface area (Å²) in [6.45, 7) is 0. The molecule has 1 saturated heterocycles. The second-order valence-corrected chi connectivity index (χ2v) is 5.45. The topological polar surface area (TPSA) is 133 Å². The quantitative estimate of drug-likeness (QED) is 0.333. The van der Waals surface area contributed by atoms with Gasteiger partial charge in [-0.25, -0.2) is 4.90 Å². The van der Waals surface area contributed by atoms with E-state index in [1.165, 1.54) is 36.4 Å². The summed E-state index contributed by atoms with van der Waals surface area (Å²) in [4.78, 5) is 35.6. The maximum atomic E-state index is 12.5. The first-order valence-electron chi connectivity index (χ1n) is 7.26. The predicted molar refractivity (Wildman–Crippen MR) is 87.4 cm³/mol. The van der Waals surface area contributed by atoms with Gasteiger partial charge in [-0.05, 0) is 18.2 Å². The molecule has 0 bridgehead atoms. The Morgan fingerprint density at radius 2 is 1.92 bits per heavy atom. The number of phenols is 2. The third-order valence-corrected chi connectivity index (χ3v) is 3.76. The zero-order valence-electron chi connectivity index (χ0n) is 12.7. The van der Waals surface area contributed by atoms with Gasteiger partial charge in [-0.3, -0.25) is 19.7 Å². The van der Waals surface area contributed by atoms with E-state index in [1.807, 2.05) is 0 Å². The number of phenolic OH excluding ortho intramolecular Hbond substituents is 2. The van der Waals surface area contributed by atoms with E-state index in [2.05, 4.69) is 5.32 Å².